The Bertz CT molecular complexity index is 809. The lowest BCUT2D eigenvalue weighted by atomic mass is 10.1. The predicted molar refractivity (Wildman–Crippen MR) is 114 cm³/mol. The number of benzene rings is 2. The molecule has 3 N–H and O–H groups in total. The molecular formula is C22H29FN4O2. The quantitative estimate of drug-likeness (QED) is 0.447. The first kappa shape index (κ1) is 22.4. The summed E-state index contributed by atoms with van der Waals surface area (Å²) in [6, 6.07) is 13.8. The van der Waals surface area contributed by atoms with Gasteiger partial charge in [0, 0.05) is 32.8 Å². The molecule has 29 heavy (non-hydrogen) atoms. The first-order chi connectivity index (χ1) is 14.1. The van der Waals surface area contributed by atoms with E-state index < -0.39 is 0 Å². The summed E-state index contributed by atoms with van der Waals surface area (Å²) in [6.45, 7) is 3.80. The number of amides is 1. The molecule has 1 atom stereocenters. The third kappa shape index (κ3) is 7.19. The fraction of sp³-hybridized carbons (Fsp3) is 0.364. The number of nitrogens with one attached hydrogen (secondary N) is 3. The van der Waals surface area contributed by atoms with Gasteiger partial charge in [-0.05, 0) is 48.7 Å². The number of rotatable bonds is 9. The molecule has 7 heteroatoms. The fourth-order valence-electron chi connectivity index (χ4n) is 2.85. The molecule has 0 saturated carbocycles. The number of hydrogen-bond acceptors (Lipinski definition) is 3. The topological polar surface area (TPSA) is 74.8 Å². The van der Waals surface area contributed by atoms with Crippen molar-refractivity contribution in [1.29, 1.82) is 0 Å². The lowest BCUT2D eigenvalue weighted by molar-refractivity contribution is 0.0963. The van der Waals surface area contributed by atoms with Crippen LogP contribution >= 0.6 is 0 Å². The summed E-state index contributed by atoms with van der Waals surface area (Å²) >= 11 is 0. The second kappa shape index (κ2) is 11.8. The van der Waals surface area contributed by atoms with E-state index in [2.05, 4.69) is 20.9 Å². The molecule has 156 valence electrons. The van der Waals surface area contributed by atoms with E-state index in [1.165, 1.54) is 12.1 Å². The number of halogens is 1. The van der Waals surface area contributed by atoms with Gasteiger partial charge in [-0.2, -0.15) is 0 Å². The molecule has 0 radical (unpaired) electrons. The normalized spacial score (nSPS) is 12.3. The molecule has 0 fully saturated rings. The van der Waals surface area contributed by atoms with E-state index >= 15 is 0 Å². The van der Waals surface area contributed by atoms with Gasteiger partial charge in [0.2, 0.25) is 0 Å². The zero-order valence-electron chi connectivity index (χ0n) is 17.2. The van der Waals surface area contributed by atoms with Crippen molar-refractivity contribution >= 4 is 11.9 Å². The van der Waals surface area contributed by atoms with Crippen molar-refractivity contribution in [2.45, 2.75) is 19.4 Å². The average Bonchev–Trinajstić information content (AvgIpc) is 2.75. The van der Waals surface area contributed by atoms with E-state index in [-0.39, 0.29) is 17.8 Å². The molecule has 0 heterocycles. The molecular weight excluding hydrogens is 371 g/mol. The molecule has 0 bridgehead atoms. The third-order valence-corrected chi connectivity index (χ3v) is 4.41. The lowest BCUT2D eigenvalue weighted by Crippen LogP contribution is -2.38. The number of methoxy groups -OCH3 is 1. The van der Waals surface area contributed by atoms with Gasteiger partial charge in [-0.1, -0.05) is 24.3 Å². The maximum Gasteiger partial charge on any atom is 0.251 e. The highest BCUT2D eigenvalue weighted by molar-refractivity contribution is 5.94. The summed E-state index contributed by atoms with van der Waals surface area (Å²) in [6.07, 6.45) is 0.497. The average molecular weight is 400 g/mol. The minimum Gasteiger partial charge on any atom is -0.375 e. The van der Waals surface area contributed by atoms with Gasteiger partial charge in [-0.25, -0.2) is 4.39 Å². The van der Waals surface area contributed by atoms with Crippen LogP contribution in [0, 0.1) is 5.82 Å². The summed E-state index contributed by atoms with van der Waals surface area (Å²) in [5.41, 5.74) is 2.59. The van der Waals surface area contributed by atoms with Crippen molar-refractivity contribution in [3.63, 3.8) is 0 Å². The number of carbonyl (C=O) groups is 1. The zero-order chi connectivity index (χ0) is 21.1. The Labute approximate surface area is 171 Å². The summed E-state index contributed by atoms with van der Waals surface area (Å²) in [7, 11) is 3.23. The van der Waals surface area contributed by atoms with E-state index in [0.717, 1.165) is 24.1 Å². The molecule has 6 nitrogen and oxygen atoms in total. The first-order valence-corrected chi connectivity index (χ1v) is 9.68. The van der Waals surface area contributed by atoms with Crippen molar-refractivity contribution in [3.8, 4) is 0 Å². The summed E-state index contributed by atoms with van der Waals surface area (Å²) in [5.74, 6) is 0.308. The Morgan fingerprint density at radius 2 is 1.93 bits per heavy atom. The van der Waals surface area contributed by atoms with E-state index in [1.807, 2.05) is 25.1 Å². The van der Waals surface area contributed by atoms with Crippen molar-refractivity contribution in [1.82, 2.24) is 16.0 Å². The predicted octanol–water partition coefficient (Wildman–Crippen LogP) is 2.67. The van der Waals surface area contributed by atoms with Gasteiger partial charge in [0.1, 0.15) is 11.9 Å². The van der Waals surface area contributed by atoms with Crippen LogP contribution in [0.25, 0.3) is 0 Å². The monoisotopic (exact) mass is 400 g/mol. The standard InChI is InChI=1S/C22H29FN4O2/c1-4-25-22(27-15-20(29-3)17-8-10-19(23)11-9-17)26-13-12-16-6-5-7-18(14-16)21(28)24-2/h5-11,14,20H,4,12-13,15H2,1-3H3,(H,24,28)(H2,25,26,27). The SMILES string of the molecule is CCNC(=NCC(OC)c1ccc(F)cc1)NCCc1cccc(C(=O)NC)c1. The molecule has 2 rings (SSSR count). The molecule has 0 aliphatic heterocycles. The highest BCUT2D eigenvalue weighted by Gasteiger charge is 2.11. The number of carbonyl (C=O) groups excluding carboxylic acids is 1. The van der Waals surface area contributed by atoms with Crippen LogP contribution in [0.1, 0.15) is 34.5 Å². The van der Waals surface area contributed by atoms with Gasteiger partial charge >= 0.3 is 0 Å². The Balaban J connectivity index is 1.95. The van der Waals surface area contributed by atoms with Crippen LogP contribution in [0.4, 0.5) is 4.39 Å². The number of aliphatic imine (C=N–C) groups is 1. The molecule has 2 aromatic rings. The van der Waals surface area contributed by atoms with Crippen LogP contribution in [0.3, 0.4) is 0 Å². The highest BCUT2D eigenvalue weighted by Crippen LogP contribution is 2.17. The molecule has 0 aliphatic carbocycles. The van der Waals surface area contributed by atoms with Gasteiger partial charge in [0.05, 0.1) is 6.54 Å². The van der Waals surface area contributed by atoms with Crippen LogP contribution in [0.2, 0.25) is 0 Å². The second-order valence-corrected chi connectivity index (χ2v) is 6.45. The zero-order valence-corrected chi connectivity index (χ0v) is 17.2. The molecule has 0 saturated heterocycles. The van der Waals surface area contributed by atoms with Crippen molar-refractivity contribution in [2.75, 3.05) is 33.8 Å². The lowest BCUT2D eigenvalue weighted by Gasteiger charge is -2.16. The van der Waals surface area contributed by atoms with Gasteiger partial charge in [0.25, 0.3) is 5.91 Å². The van der Waals surface area contributed by atoms with Crippen molar-refractivity contribution in [2.24, 2.45) is 4.99 Å². The van der Waals surface area contributed by atoms with Gasteiger partial charge in [-0.3, -0.25) is 9.79 Å². The molecule has 0 aliphatic rings. The van der Waals surface area contributed by atoms with Gasteiger partial charge in [0.15, 0.2) is 5.96 Å². The van der Waals surface area contributed by atoms with Crippen LogP contribution in [0.5, 0.6) is 0 Å². The molecule has 0 aromatic heterocycles. The minimum absolute atomic E-state index is 0.0962. The molecule has 1 amide bonds. The molecule has 1 unspecified atom stereocenters. The van der Waals surface area contributed by atoms with Crippen LogP contribution < -0.4 is 16.0 Å². The minimum atomic E-state index is -0.275. The molecule has 2 aromatic carbocycles. The van der Waals surface area contributed by atoms with Crippen molar-refractivity contribution < 1.29 is 13.9 Å². The van der Waals surface area contributed by atoms with E-state index in [4.69, 9.17) is 4.74 Å². The maximum atomic E-state index is 13.1. The van der Waals surface area contributed by atoms with Gasteiger partial charge in [-0.15, -0.1) is 0 Å². The van der Waals surface area contributed by atoms with E-state index in [1.54, 1.807) is 32.4 Å². The molecule has 0 spiro atoms. The van der Waals surface area contributed by atoms with Crippen molar-refractivity contribution in [3.05, 3.63) is 71.0 Å². The second-order valence-electron chi connectivity index (χ2n) is 6.45. The van der Waals surface area contributed by atoms with Crippen LogP contribution in [0.15, 0.2) is 53.5 Å². The van der Waals surface area contributed by atoms with Crippen LogP contribution in [-0.2, 0) is 11.2 Å². The number of nitrogens with zero attached hydrogens (tertiary/aromatic N) is 1. The Hall–Kier alpha value is -2.93. The highest BCUT2D eigenvalue weighted by atomic mass is 19.1. The maximum absolute atomic E-state index is 13.1. The number of ether oxygens (including phenoxy) is 1. The first-order valence-electron chi connectivity index (χ1n) is 9.68. The van der Waals surface area contributed by atoms with E-state index in [9.17, 15) is 9.18 Å². The Kier molecular flexibility index (Phi) is 9.11. The fourth-order valence-corrected chi connectivity index (χ4v) is 2.85. The number of hydrogen-bond donors (Lipinski definition) is 3. The Morgan fingerprint density at radius 1 is 1.17 bits per heavy atom. The summed E-state index contributed by atoms with van der Waals surface area (Å²) < 4.78 is 18.6. The summed E-state index contributed by atoms with van der Waals surface area (Å²) in [5, 5.41) is 9.13. The van der Waals surface area contributed by atoms with Gasteiger partial charge < -0.3 is 20.7 Å². The van der Waals surface area contributed by atoms with Crippen LogP contribution in [-0.4, -0.2) is 45.7 Å². The van der Waals surface area contributed by atoms with E-state index in [0.29, 0.717) is 24.6 Å². The largest absolute Gasteiger partial charge is 0.375 e. The third-order valence-electron chi connectivity index (χ3n) is 4.41. The smallest absolute Gasteiger partial charge is 0.251 e. The Morgan fingerprint density at radius 3 is 2.59 bits per heavy atom. The number of guanidine groups is 1. The summed E-state index contributed by atoms with van der Waals surface area (Å²) in [4.78, 5) is 16.3.